The predicted octanol–water partition coefficient (Wildman–Crippen LogP) is 5.90. The van der Waals surface area contributed by atoms with Gasteiger partial charge in [-0.15, -0.1) is 23.1 Å². The van der Waals surface area contributed by atoms with Gasteiger partial charge in [0.15, 0.2) is 0 Å². The van der Waals surface area contributed by atoms with Crippen LogP contribution in [0.4, 0.5) is 10.7 Å². The molecule has 0 saturated carbocycles. The van der Waals surface area contributed by atoms with Crippen LogP contribution in [0.15, 0.2) is 53.4 Å². The van der Waals surface area contributed by atoms with E-state index in [0.29, 0.717) is 47.7 Å². The highest BCUT2D eigenvalue weighted by molar-refractivity contribution is 8.00. The maximum atomic E-state index is 13.4. The largest absolute Gasteiger partial charge is 0.462 e. The van der Waals surface area contributed by atoms with Crippen LogP contribution in [0.5, 0.6) is 0 Å². The van der Waals surface area contributed by atoms with Crippen LogP contribution < -0.4 is 10.6 Å². The highest BCUT2D eigenvalue weighted by atomic mass is 32.2. The fourth-order valence-corrected chi connectivity index (χ4v) is 6.80. The molecule has 1 atom stereocenters. The van der Waals surface area contributed by atoms with Gasteiger partial charge in [-0.25, -0.2) is 4.79 Å². The minimum Gasteiger partial charge on any atom is -0.462 e. The number of hydrogen-bond donors (Lipinski definition) is 2. The number of thiophene rings is 1. The van der Waals surface area contributed by atoms with E-state index in [4.69, 9.17) is 4.74 Å². The van der Waals surface area contributed by atoms with E-state index in [2.05, 4.69) is 10.6 Å². The Hall–Kier alpha value is -3.63. The molecule has 0 saturated heterocycles. The van der Waals surface area contributed by atoms with Crippen molar-refractivity contribution in [1.82, 2.24) is 4.90 Å². The summed E-state index contributed by atoms with van der Waals surface area (Å²) in [4.78, 5) is 54.5. The third-order valence-corrected chi connectivity index (χ3v) is 9.13. The zero-order valence-electron chi connectivity index (χ0n) is 23.0. The van der Waals surface area contributed by atoms with Gasteiger partial charge in [-0.3, -0.25) is 14.4 Å². The Morgan fingerprint density at radius 1 is 1.07 bits per heavy atom. The van der Waals surface area contributed by atoms with Crippen LogP contribution in [0, 0.1) is 6.92 Å². The van der Waals surface area contributed by atoms with Crippen LogP contribution in [0.3, 0.4) is 0 Å². The fourth-order valence-electron chi connectivity index (χ4n) is 4.53. The molecule has 0 fully saturated rings. The van der Waals surface area contributed by atoms with E-state index in [0.717, 1.165) is 20.9 Å². The van der Waals surface area contributed by atoms with Gasteiger partial charge < -0.3 is 20.3 Å². The van der Waals surface area contributed by atoms with E-state index in [1.165, 1.54) is 30.0 Å². The average Bonchev–Trinajstić information content (AvgIpc) is 3.29. The second kappa shape index (κ2) is 13.1. The number of nitrogens with one attached hydrogen (secondary N) is 2. The Morgan fingerprint density at radius 3 is 2.55 bits per heavy atom. The van der Waals surface area contributed by atoms with Gasteiger partial charge in [-0.1, -0.05) is 31.2 Å². The molecule has 3 amide bonds. The van der Waals surface area contributed by atoms with Crippen molar-refractivity contribution in [3.05, 3.63) is 75.7 Å². The molecule has 3 aromatic rings. The summed E-state index contributed by atoms with van der Waals surface area (Å²) in [5, 5.41) is 5.94. The Kier molecular flexibility index (Phi) is 9.65. The Morgan fingerprint density at radius 2 is 1.85 bits per heavy atom. The van der Waals surface area contributed by atoms with Crippen molar-refractivity contribution >= 4 is 57.5 Å². The molecule has 1 aromatic heterocycles. The molecule has 210 valence electrons. The lowest BCUT2D eigenvalue weighted by Crippen LogP contribution is -2.34. The highest BCUT2D eigenvalue weighted by Gasteiger charge is 2.31. The number of anilines is 2. The van der Waals surface area contributed by atoms with Crippen molar-refractivity contribution in [2.24, 2.45) is 0 Å². The molecule has 8 nitrogen and oxygen atoms in total. The summed E-state index contributed by atoms with van der Waals surface area (Å²) < 4.78 is 5.31. The van der Waals surface area contributed by atoms with E-state index >= 15 is 0 Å². The number of nitrogens with zero attached hydrogens (tertiary/aromatic N) is 1. The monoisotopic (exact) mass is 579 g/mol. The van der Waals surface area contributed by atoms with Crippen molar-refractivity contribution in [2.75, 3.05) is 23.8 Å². The molecule has 1 aliphatic rings. The molecule has 10 heteroatoms. The topological polar surface area (TPSA) is 105 Å². The number of thioether (sulfide) groups is 1. The van der Waals surface area contributed by atoms with Gasteiger partial charge in [0.05, 0.1) is 24.0 Å². The van der Waals surface area contributed by atoms with Crippen LogP contribution in [0.25, 0.3) is 0 Å². The first-order valence-corrected chi connectivity index (χ1v) is 14.9. The van der Waals surface area contributed by atoms with Crippen molar-refractivity contribution in [2.45, 2.75) is 57.2 Å². The molecule has 4 rings (SSSR count). The van der Waals surface area contributed by atoms with Crippen molar-refractivity contribution in [1.29, 1.82) is 0 Å². The maximum absolute atomic E-state index is 13.4. The molecule has 2 aromatic carbocycles. The Bertz CT molecular complexity index is 1430. The van der Waals surface area contributed by atoms with Gasteiger partial charge in [0, 0.05) is 34.5 Å². The van der Waals surface area contributed by atoms with Crippen LogP contribution in [-0.4, -0.2) is 47.0 Å². The first-order chi connectivity index (χ1) is 19.2. The zero-order valence-corrected chi connectivity index (χ0v) is 24.7. The number of esters is 1. The molecule has 0 spiro atoms. The van der Waals surface area contributed by atoms with Gasteiger partial charge in [0.2, 0.25) is 11.8 Å². The minimum atomic E-state index is -0.468. The SMILES string of the molecule is CCOC(=O)c1c(NC(=O)C(CC)Sc2cccc(NC(=O)c3ccccc3C)c2)sc2c1CCN(C(C)=O)C2. The third-order valence-electron chi connectivity index (χ3n) is 6.64. The van der Waals surface area contributed by atoms with Crippen molar-refractivity contribution < 1.29 is 23.9 Å². The minimum absolute atomic E-state index is 0.0258. The smallest absolute Gasteiger partial charge is 0.341 e. The van der Waals surface area contributed by atoms with Crippen LogP contribution in [0.2, 0.25) is 0 Å². The first kappa shape index (κ1) is 29.4. The Labute approximate surface area is 242 Å². The lowest BCUT2D eigenvalue weighted by atomic mass is 10.0. The number of aryl methyl sites for hydroxylation is 1. The van der Waals surface area contributed by atoms with E-state index in [1.54, 1.807) is 17.9 Å². The number of fused-ring (bicyclic) bond motifs is 1. The van der Waals surface area contributed by atoms with E-state index < -0.39 is 11.2 Å². The predicted molar refractivity (Wildman–Crippen MR) is 159 cm³/mol. The van der Waals surface area contributed by atoms with Crippen molar-refractivity contribution in [3.8, 4) is 0 Å². The molecule has 2 heterocycles. The van der Waals surface area contributed by atoms with E-state index in [9.17, 15) is 19.2 Å². The number of hydrogen-bond acceptors (Lipinski definition) is 7. The molecule has 1 aliphatic heterocycles. The maximum Gasteiger partial charge on any atom is 0.341 e. The molecule has 0 radical (unpaired) electrons. The Balaban J connectivity index is 1.50. The number of rotatable bonds is 9. The number of ether oxygens (including phenoxy) is 1. The third kappa shape index (κ3) is 6.74. The summed E-state index contributed by atoms with van der Waals surface area (Å²) in [5.74, 6) is -0.914. The number of benzene rings is 2. The molecular formula is C30H33N3O5S2. The second-order valence-corrected chi connectivity index (χ2v) is 11.8. The first-order valence-electron chi connectivity index (χ1n) is 13.2. The molecule has 1 unspecified atom stereocenters. The summed E-state index contributed by atoms with van der Waals surface area (Å²) >= 11 is 2.72. The molecule has 2 N–H and O–H groups in total. The van der Waals surface area contributed by atoms with E-state index in [1.807, 2.05) is 56.3 Å². The fraction of sp³-hybridized carbons (Fsp3) is 0.333. The van der Waals surface area contributed by atoms with Crippen LogP contribution in [0.1, 0.15) is 63.9 Å². The standard InChI is InChI=1S/C30H33N3O5S2/c1-5-24(39-21-12-9-11-20(16-21)31-27(35)22-13-8-7-10-18(22)3)28(36)32-29-26(30(37)38-6-2)23-14-15-33(19(4)34)17-25(23)40-29/h7-13,16,24H,5-6,14-15,17H2,1-4H3,(H,31,35)(H,32,36). The summed E-state index contributed by atoms with van der Waals surface area (Å²) in [7, 11) is 0. The van der Waals surface area contributed by atoms with Gasteiger partial charge in [0.1, 0.15) is 5.00 Å². The lowest BCUT2D eigenvalue weighted by molar-refractivity contribution is -0.129. The van der Waals surface area contributed by atoms with Crippen LogP contribution >= 0.6 is 23.1 Å². The summed E-state index contributed by atoms with van der Waals surface area (Å²) in [6.45, 7) is 8.24. The van der Waals surface area contributed by atoms with Gasteiger partial charge in [-0.05, 0) is 62.1 Å². The molecular weight excluding hydrogens is 546 g/mol. The van der Waals surface area contributed by atoms with Gasteiger partial charge in [-0.2, -0.15) is 0 Å². The molecule has 40 heavy (non-hydrogen) atoms. The average molecular weight is 580 g/mol. The van der Waals surface area contributed by atoms with Crippen molar-refractivity contribution in [3.63, 3.8) is 0 Å². The molecule has 0 bridgehead atoms. The zero-order chi connectivity index (χ0) is 28.8. The summed E-state index contributed by atoms with van der Waals surface area (Å²) in [6, 6.07) is 14.8. The second-order valence-electron chi connectivity index (χ2n) is 9.42. The summed E-state index contributed by atoms with van der Waals surface area (Å²) in [5.41, 5.74) is 3.36. The lowest BCUT2D eigenvalue weighted by Gasteiger charge is -2.25. The summed E-state index contributed by atoms with van der Waals surface area (Å²) in [6.07, 6.45) is 1.08. The highest BCUT2D eigenvalue weighted by Crippen LogP contribution is 2.38. The number of carbonyl (C=O) groups excluding carboxylic acids is 4. The van der Waals surface area contributed by atoms with Gasteiger partial charge in [0.25, 0.3) is 5.91 Å². The quantitative estimate of drug-likeness (QED) is 0.242. The molecule has 0 aliphatic carbocycles. The normalized spacial score (nSPS) is 13.2. The number of carbonyl (C=O) groups is 4. The van der Waals surface area contributed by atoms with E-state index in [-0.39, 0.29) is 24.3 Å². The van der Waals surface area contributed by atoms with Crippen LogP contribution in [-0.2, 0) is 27.3 Å². The number of amides is 3. The van der Waals surface area contributed by atoms with Gasteiger partial charge >= 0.3 is 5.97 Å².